The number of hydrogen-bond donors (Lipinski definition) is 2. The minimum absolute atomic E-state index is 0.0321. The van der Waals surface area contributed by atoms with Crippen LogP contribution in [0.2, 0.25) is 0 Å². The first-order chi connectivity index (χ1) is 15.7. The summed E-state index contributed by atoms with van der Waals surface area (Å²) in [7, 11) is -3.89. The van der Waals surface area contributed by atoms with Crippen LogP contribution in [-0.2, 0) is 10.0 Å². The minimum atomic E-state index is -3.89. The number of nitrogens with one attached hydrogen (secondary N) is 2. The largest absolute Gasteiger partial charge is 0.369 e. The number of rotatable bonds is 6. The predicted molar refractivity (Wildman–Crippen MR) is 129 cm³/mol. The highest BCUT2D eigenvalue weighted by Gasteiger charge is 2.20. The molecule has 1 saturated heterocycles. The summed E-state index contributed by atoms with van der Waals surface area (Å²) in [5.74, 6) is -0.904. The van der Waals surface area contributed by atoms with Crippen LogP contribution in [0.25, 0.3) is 0 Å². The fraction of sp³-hybridized carbons (Fsp3) is 0.240. The lowest BCUT2D eigenvalue weighted by molar-refractivity contribution is 0.102. The van der Waals surface area contributed by atoms with Gasteiger partial charge in [-0.25, -0.2) is 12.8 Å². The van der Waals surface area contributed by atoms with Crippen LogP contribution in [0.1, 0.15) is 34.3 Å². The van der Waals surface area contributed by atoms with Crippen molar-refractivity contribution in [3.05, 3.63) is 83.2 Å². The minimum Gasteiger partial charge on any atom is -0.369 e. The molecule has 1 amide bonds. The molecule has 3 aromatic rings. The summed E-state index contributed by atoms with van der Waals surface area (Å²) in [6.07, 6.45) is 2.07. The van der Waals surface area contributed by atoms with Gasteiger partial charge in [0, 0.05) is 30.0 Å². The van der Waals surface area contributed by atoms with Gasteiger partial charge in [-0.05, 0) is 80.3 Å². The second kappa shape index (κ2) is 9.23. The SMILES string of the molecule is Cc1cccc(NS(=O)(=O)c2ccc(C)c(C(=O)Nc3ccc(N4CCCC4)c(F)c3)c2)c1. The number of carbonyl (C=O) groups excluding carboxylic acids is 1. The van der Waals surface area contributed by atoms with Crippen LogP contribution >= 0.6 is 0 Å². The van der Waals surface area contributed by atoms with E-state index < -0.39 is 21.7 Å². The highest BCUT2D eigenvalue weighted by atomic mass is 32.2. The van der Waals surface area contributed by atoms with Crippen LogP contribution < -0.4 is 14.9 Å². The second-order valence-corrected chi connectivity index (χ2v) is 9.95. The van der Waals surface area contributed by atoms with Crippen molar-refractivity contribution >= 4 is 33.0 Å². The summed E-state index contributed by atoms with van der Waals surface area (Å²) < 4.78 is 42.9. The van der Waals surface area contributed by atoms with Crippen LogP contribution in [0.4, 0.5) is 21.5 Å². The van der Waals surface area contributed by atoms with Gasteiger partial charge < -0.3 is 10.2 Å². The maximum atomic E-state index is 14.6. The summed E-state index contributed by atoms with van der Waals surface area (Å²) >= 11 is 0. The summed E-state index contributed by atoms with van der Waals surface area (Å²) in [6, 6.07) is 16.0. The normalized spacial score (nSPS) is 13.7. The summed E-state index contributed by atoms with van der Waals surface area (Å²) in [6.45, 7) is 5.22. The third-order valence-corrected chi connectivity index (χ3v) is 7.07. The zero-order valence-electron chi connectivity index (χ0n) is 18.6. The molecule has 8 heteroatoms. The molecule has 0 aliphatic carbocycles. The third-order valence-electron chi connectivity index (χ3n) is 5.69. The van der Waals surface area contributed by atoms with Crippen LogP contribution in [0, 0.1) is 19.7 Å². The Morgan fingerprint density at radius 1 is 0.939 bits per heavy atom. The zero-order valence-corrected chi connectivity index (χ0v) is 19.4. The molecule has 0 atom stereocenters. The van der Waals surface area contributed by atoms with E-state index in [2.05, 4.69) is 10.0 Å². The van der Waals surface area contributed by atoms with Gasteiger partial charge in [-0.2, -0.15) is 0 Å². The molecule has 1 aliphatic rings. The molecule has 33 heavy (non-hydrogen) atoms. The number of hydrogen-bond acceptors (Lipinski definition) is 4. The van der Waals surface area contributed by atoms with E-state index >= 15 is 0 Å². The van der Waals surface area contributed by atoms with Gasteiger partial charge in [0.1, 0.15) is 5.82 Å². The second-order valence-electron chi connectivity index (χ2n) is 8.27. The van der Waals surface area contributed by atoms with E-state index in [1.807, 2.05) is 17.9 Å². The predicted octanol–water partition coefficient (Wildman–Crippen LogP) is 5.10. The highest BCUT2D eigenvalue weighted by Crippen LogP contribution is 2.27. The molecule has 0 bridgehead atoms. The Morgan fingerprint density at radius 2 is 1.70 bits per heavy atom. The number of sulfonamides is 1. The highest BCUT2D eigenvalue weighted by molar-refractivity contribution is 7.92. The van der Waals surface area contributed by atoms with Gasteiger partial charge in [0.25, 0.3) is 15.9 Å². The lowest BCUT2D eigenvalue weighted by atomic mass is 10.1. The molecular formula is C25H26FN3O3S. The number of nitrogens with zero attached hydrogens (tertiary/aromatic N) is 1. The number of amides is 1. The molecule has 1 fully saturated rings. The van der Waals surface area contributed by atoms with Crippen molar-refractivity contribution in [2.45, 2.75) is 31.6 Å². The van der Waals surface area contributed by atoms with Gasteiger partial charge in [-0.1, -0.05) is 18.2 Å². The van der Waals surface area contributed by atoms with Gasteiger partial charge in [0.15, 0.2) is 0 Å². The summed E-state index contributed by atoms with van der Waals surface area (Å²) in [5, 5.41) is 2.68. The molecule has 4 rings (SSSR count). The van der Waals surface area contributed by atoms with E-state index in [1.54, 1.807) is 43.3 Å². The standard InChI is InChI=1S/C25H26FN3O3S/c1-17-6-5-7-20(14-17)28-33(31,32)21-10-8-18(2)22(16-21)25(30)27-19-9-11-24(23(26)15-19)29-12-3-4-13-29/h5-11,14-16,28H,3-4,12-13H2,1-2H3,(H,27,30). The number of aryl methyl sites for hydroxylation is 2. The molecule has 6 nitrogen and oxygen atoms in total. The Kier molecular flexibility index (Phi) is 6.37. The Hall–Kier alpha value is -3.39. The summed E-state index contributed by atoms with van der Waals surface area (Å²) in [4.78, 5) is 14.9. The average Bonchev–Trinajstić information content (AvgIpc) is 3.28. The molecule has 0 aromatic heterocycles. The number of halogens is 1. The smallest absolute Gasteiger partial charge is 0.261 e. The van der Waals surface area contributed by atoms with Crippen LogP contribution in [0.15, 0.2) is 65.6 Å². The molecule has 3 aromatic carbocycles. The lowest BCUT2D eigenvalue weighted by Crippen LogP contribution is -2.19. The van der Waals surface area contributed by atoms with Crippen molar-refractivity contribution < 1.29 is 17.6 Å². The fourth-order valence-electron chi connectivity index (χ4n) is 3.93. The maximum absolute atomic E-state index is 14.6. The topological polar surface area (TPSA) is 78.5 Å². The van der Waals surface area contributed by atoms with Crippen LogP contribution in [0.3, 0.4) is 0 Å². The van der Waals surface area contributed by atoms with Crippen LogP contribution in [0.5, 0.6) is 0 Å². The van der Waals surface area contributed by atoms with E-state index in [0.717, 1.165) is 31.5 Å². The third kappa shape index (κ3) is 5.17. The Morgan fingerprint density at radius 3 is 2.39 bits per heavy atom. The van der Waals surface area contributed by atoms with Crippen molar-refractivity contribution in [1.29, 1.82) is 0 Å². The van der Waals surface area contributed by atoms with Gasteiger partial charge in [-0.15, -0.1) is 0 Å². The van der Waals surface area contributed by atoms with Crippen molar-refractivity contribution in [2.75, 3.05) is 28.0 Å². The molecule has 172 valence electrons. The average molecular weight is 468 g/mol. The van der Waals surface area contributed by atoms with Crippen molar-refractivity contribution in [3.63, 3.8) is 0 Å². The molecule has 1 aliphatic heterocycles. The molecule has 0 spiro atoms. The van der Waals surface area contributed by atoms with Crippen molar-refractivity contribution in [1.82, 2.24) is 0 Å². The number of benzene rings is 3. The monoisotopic (exact) mass is 467 g/mol. The first-order valence-corrected chi connectivity index (χ1v) is 12.3. The molecule has 2 N–H and O–H groups in total. The number of carbonyl (C=O) groups is 1. The molecule has 0 saturated carbocycles. The first kappa shape index (κ1) is 22.8. The summed E-state index contributed by atoms with van der Waals surface area (Å²) in [5.41, 5.74) is 3.00. The van der Waals surface area contributed by atoms with Crippen LogP contribution in [-0.4, -0.2) is 27.4 Å². The van der Waals surface area contributed by atoms with Gasteiger partial charge in [0.05, 0.1) is 10.6 Å². The Labute approximate surface area is 193 Å². The van der Waals surface area contributed by atoms with E-state index in [9.17, 15) is 17.6 Å². The molecule has 0 unspecified atom stereocenters. The fourth-order valence-corrected chi connectivity index (χ4v) is 5.01. The van der Waals surface area contributed by atoms with E-state index in [-0.39, 0.29) is 10.5 Å². The first-order valence-electron chi connectivity index (χ1n) is 10.8. The molecule has 0 radical (unpaired) electrons. The zero-order chi connectivity index (χ0) is 23.6. The van der Waals surface area contributed by atoms with Gasteiger partial charge in [0.2, 0.25) is 0 Å². The van der Waals surface area contributed by atoms with Crippen molar-refractivity contribution in [2.24, 2.45) is 0 Å². The Bertz CT molecular complexity index is 1300. The van der Waals surface area contributed by atoms with E-state index in [4.69, 9.17) is 0 Å². The van der Waals surface area contributed by atoms with Gasteiger partial charge >= 0.3 is 0 Å². The van der Waals surface area contributed by atoms with Crippen molar-refractivity contribution in [3.8, 4) is 0 Å². The molecular weight excluding hydrogens is 441 g/mol. The quantitative estimate of drug-likeness (QED) is 0.529. The van der Waals surface area contributed by atoms with E-state index in [0.29, 0.717) is 22.6 Å². The maximum Gasteiger partial charge on any atom is 0.261 e. The lowest BCUT2D eigenvalue weighted by Gasteiger charge is -2.19. The molecule has 1 heterocycles. The Balaban J connectivity index is 1.55. The van der Waals surface area contributed by atoms with E-state index in [1.165, 1.54) is 18.2 Å². The number of anilines is 3. The van der Waals surface area contributed by atoms with Gasteiger partial charge in [-0.3, -0.25) is 9.52 Å².